The summed E-state index contributed by atoms with van der Waals surface area (Å²) < 4.78 is 0. The number of carboxylic acids is 1. The Morgan fingerprint density at radius 2 is 1.75 bits per heavy atom. The van der Waals surface area contributed by atoms with Crippen molar-refractivity contribution in [3.05, 3.63) is 101 Å². The number of rotatable bonds is 5. The molecule has 4 aromatic rings. The Bertz CT molecular complexity index is 1330. The van der Waals surface area contributed by atoms with E-state index in [1.54, 1.807) is 12.3 Å². The van der Waals surface area contributed by atoms with E-state index in [-0.39, 0.29) is 45.8 Å². The van der Waals surface area contributed by atoms with E-state index in [1.807, 2.05) is 54.6 Å². The maximum absolute atomic E-state index is 12.3. The maximum Gasteiger partial charge on any atom is 1.00 e. The van der Waals surface area contributed by atoms with Crippen molar-refractivity contribution in [3.63, 3.8) is 0 Å². The van der Waals surface area contributed by atoms with Crippen LogP contribution in [0.2, 0.25) is 5.02 Å². The zero-order valence-corrected chi connectivity index (χ0v) is 20.0. The molecule has 1 heterocycles. The van der Waals surface area contributed by atoms with Gasteiger partial charge in [-0.1, -0.05) is 54.1 Å². The molecular weight excluding hydrogens is 435 g/mol. The van der Waals surface area contributed by atoms with Crippen LogP contribution in [0.3, 0.4) is 0 Å². The molecule has 1 N–H and O–H groups in total. The third-order valence-electron chi connectivity index (χ3n) is 4.72. The van der Waals surface area contributed by atoms with Gasteiger partial charge in [-0.05, 0) is 47.5 Å². The van der Waals surface area contributed by atoms with Crippen LogP contribution in [0, 0.1) is 0 Å². The number of para-hydroxylation sites is 1. The summed E-state index contributed by atoms with van der Waals surface area (Å²) in [5.74, 6) is -1.89. The number of benzene rings is 3. The van der Waals surface area contributed by atoms with E-state index >= 15 is 0 Å². The number of anilines is 1. The van der Waals surface area contributed by atoms with Crippen LogP contribution in [0.5, 0.6) is 0 Å². The number of hydrogen-bond acceptors (Lipinski definition) is 4. The first-order valence-electron chi connectivity index (χ1n) is 9.45. The van der Waals surface area contributed by atoms with Gasteiger partial charge < -0.3 is 15.2 Å². The van der Waals surface area contributed by atoms with Crippen LogP contribution in [0.1, 0.15) is 15.9 Å². The average Bonchev–Trinajstić information content (AvgIpc) is 2.78. The second kappa shape index (κ2) is 10.6. The molecule has 0 aliphatic carbocycles. The molecule has 7 heteroatoms. The Labute approximate surface area is 212 Å². The van der Waals surface area contributed by atoms with E-state index in [0.29, 0.717) is 0 Å². The number of nitrogens with zero attached hydrogens (tertiary/aromatic N) is 1. The second-order valence-electron chi connectivity index (χ2n) is 6.81. The first kappa shape index (κ1) is 23.7. The fraction of sp³-hybridized carbons (Fsp3) is 0. The molecule has 1 aromatic heterocycles. The van der Waals surface area contributed by atoms with Crippen LogP contribution in [-0.2, 0) is 4.79 Å². The van der Waals surface area contributed by atoms with Gasteiger partial charge in [-0.15, -0.1) is 0 Å². The Kier molecular flexibility index (Phi) is 7.83. The van der Waals surface area contributed by atoms with Crippen molar-refractivity contribution in [3.8, 4) is 11.1 Å². The first-order chi connectivity index (χ1) is 15.0. The fourth-order valence-corrected chi connectivity index (χ4v) is 3.46. The van der Waals surface area contributed by atoms with Crippen LogP contribution < -0.4 is 40.0 Å². The monoisotopic (exact) mass is 450 g/mol. The van der Waals surface area contributed by atoms with Crippen molar-refractivity contribution in [1.29, 1.82) is 0 Å². The summed E-state index contributed by atoms with van der Waals surface area (Å²) in [5.41, 5.74) is 3.63. The van der Waals surface area contributed by atoms with Crippen molar-refractivity contribution >= 4 is 46.1 Å². The fourth-order valence-electron chi connectivity index (χ4n) is 3.29. The van der Waals surface area contributed by atoms with E-state index in [0.717, 1.165) is 27.6 Å². The molecule has 0 saturated carbocycles. The number of carboxylic acid groups (broad SMARTS) is 1. The van der Waals surface area contributed by atoms with Crippen molar-refractivity contribution in [2.24, 2.45) is 0 Å². The smallest absolute Gasteiger partial charge is 0.545 e. The molecule has 0 spiro atoms. The van der Waals surface area contributed by atoms with Crippen molar-refractivity contribution < 1.29 is 44.3 Å². The predicted molar refractivity (Wildman–Crippen MR) is 121 cm³/mol. The molecule has 0 unspecified atom stereocenters. The number of aromatic carboxylic acids is 1. The number of nitrogens with one attached hydrogen (secondary N) is 1. The summed E-state index contributed by atoms with van der Waals surface area (Å²) in [6.07, 6.45) is 4.76. The molecule has 152 valence electrons. The molecule has 3 aromatic carbocycles. The predicted octanol–water partition coefficient (Wildman–Crippen LogP) is 1.57. The molecule has 1 amide bonds. The molecule has 0 bridgehead atoms. The Morgan fingerprint density at radius 3 is 2.56 bits per heavy atom. The molecule has 4 rings (SSSR count). The molecule has 5 nitrogen and oxygen atoms in total. The van der Waals surface area contributed by atoms with Crippen molar-refractivity contribution in [2.75, 3.05) is 5.32 Å². The molecule has 0 saturated heterocycles. The largest absolute Gasteiger partial charge is 1.00 e. The SMILES string of the molecule is O=C(C=Cc1cccc(-c2cccc3cccnc23)c1)Nc1ccc(Cl)cc1C(=O)[O-].[Na+]. The van der Waals surface area contributed by atoms with Gasteiger partial charge in [-0.2, -0.15) is 0 Å². The third kappa shape index (κ3) is 5.44. The van der Waals surface area contributed by atoms with Crippen LogP contribution in [0.15, 0.2) is 85.1 Å². The number of halogens is 1. The van der Waals surface area contributed by atoms with E-state index < -0.39 is 11.9 Å². The van der Waals surface area contributed by atoms with Gasteiger partial charge in [0.15, 0.2) is 0 Å². The molecule has 0 atom stereocenters. The third-order valence-corrected chi connectivity index (χ3v) is 4.95. The van der Waals surface area contributed by atoms with E-state index in [4.69, 9.17) is 11.6 Å². The first-order valence-corrected chi connectivity index (χ1v) is 9.83. The Hall–Kier alpha value is -2.96. The van der Waals surface area contributed by atoms with E-state index in [2.05, 4.69) is 10.3 Å². The average molecular weight is 451 g/mol. The zero-order valence-electron chi connectivity index (χ0n) is 17.2. The quantitative estimate of drug-likeness (QED) is 0.370. The van der Waals surface area contributed by atoms with Gasteiger partial charge in [-0.3, -0.25) is 9.78 Å². The van der Waals surface area contributed by atoms with Crippen LogP contribution in [0.25, 0.3) is 28.1 Å². The summed E-state index contributed by atoms with van der Waals surface area (Å²) in [6.45, 7) is 0. The van der Waals surface area contributed by atoms with Crippen LogP contribution >= 0.6 is 11.6 Å². The van der Waals surface area contributed by atoms with Crippen molar-refractivity contribution in [2.45, 2.75) is 0 Å². The van der Waals surface area contributed by atoms with Gasteiger partial charge in [0, 0.05) is 33.8 Å². The number of carbonyl (C=O) groups is 2. The van der Waals surface area contributed by atoms with E-state index in [1.165, 1.54) is 24.3 Å². The summed E-state index contributed by atoms with van der Waals surface area (Å²) in [4.78, 5) is 28.1. The van der Waals surface area contributed by atoms with Gasteiger partial charge >= 0.3 is 29.6 Å². The standard InChI is InChI=1S/C25H17ClN2O3.Na/c26-19-10-11-22(21(15-19)25(30)31)28-23(29)12-9-16-4-1-6-18(14-16)20-8-2-5-17-7-3-13-27-24(17)20;/h1-15H,(H,28,29)(H,30,31);/q;+1/p-1. The summed E-state index contributed by atoms with van der Waals surface area (Å²) in [7, 11) is 0. The van der Waals surface area contributed by atoms with E-state index in [9.17, 15) is 14.7 Å². The van der Waals surface area contributed by atoms with Gasteiger partial charge in [0.05, 0.1) is 17.2 Å². The van der Waals surface area contributed by atoms with Crippen LogP contribution in [0.4, 0.5) is 5.69 Å². The molecular formula is C25H16ClN2NaO3. The Morgan fingerprint density at radius 1 is 0.969 bits per heavy atom. The van der Waals surface area contributed by atoms with Crippen LogP contribution in [-0.4, -0.2) is 16.9 Å². The maximum atomic E-state index is 12.3. The molecule has 0 fully saturated rings. The summed E-state index contributed by atoms with van der Waals surface area (Å²) in [5, 5.41) is 15.1. The Balaban J connectivity index is 0.00000289. The molecule has 0 aliphatic heterocycles. The summed E-state index contributed by atoms with van der Waals surface area (Å²) in [6, 6.07) is 21.8. The number of amides is 1. The number of pyridine rings is 1. The van der Waals surface area contributed by atoms with Gasteiger partial charge in [0.2, 0.25) is 5.91 Å². The topological polar surface area (TPSA) is 82.1 Å². The molecule has 32 heavy (non-hydrogen) atoms. The molecule has 0 radical (unpaired) electrons. The molecule has 0 aliphatic rings. The normalized spacial score (nSPS) is 10.7. The number of fused-ring (bicyclic) bond motifs is 1. The minimum atomic E-state index is -1.42. The minimum Gasteiger partial charge on any atom is -0.545 e. The van der Waals surface area contributed by atoms with Gasteiger partial charge in [-0.25, -0.2) is 0 Å². The second-order valence-corrected chi connectivity index (χ2v) is 7.24. The van der Waals surface area contributed by atoms with Gasteiger partial charge in [0.1, 0.15) is 0 Å². The van der Waals surface area contributed by atoms with Gasteiger partial charge in [0.25, 0.3) is 0 Å². The number of aromatic nitrogens is 1. The summed E-state index contributed by atoms with van der Waals surface area (Å²) >= 11 is 5.82. The number of hydrogen-bond donors (Lipinski definition) is 1. The minimum absolute atomic E-state index is 0. The number of carbonyl (C=O) groups excluding carboxylic acids is 2. The zero-order chi connectivity index (χ0) is 21.8. The van der Waals surface area contributed by atoms with Crippen molar-refractivity contribution in [1.82, 2.24) is 4.98 Å².